The summed E-state index contributed by atoms with van der Waals surface area (Å²) >= 11 is 0. The van der Waals surface area contributed by atoms with E-state index in [2.05, 4.69) is 27.7 Å². The lowest BCUT2D eigenvalue weighted by atomic mass is 10.0. The van der Waals surface area contributed by atoms with E-state index in [0.717, 1.165) is 31.8 Å². The van der Waals surface area contributed by atoms with Crippen LogP contribution in [-0.4, -0.2) is 39.0 Å². The highest BCUT2D eigenvalue weighted by atomic mass is 16.5. The second-order valence-electron chi connectivity index (χ2n) is 8.02. The molecule has 0 aliphatic heterocycles. The van der Waals surface area contributed by atoms with Gasteiger partial charge in [0.2, 0.25) is 0 Å². The highest BCUT2D eigenvalue weighted by Crippen LogP contribution is 2.12. The van der Waals surface area contributed by atoms with Crippen LogP contribution in [0.4, 0.5) is 0 Å². The maximum absolute atomic E-state index is 11.6. The molecule has 0 heterocycles. The van der Waals surface area contributed by atoms with Crippen molar-refractivity contribution in [1.82, 2.24) is 0 Å². The van der Waals surface area contributed by atoms with Crippen molar-refractivity contribution in [3.8, 4) is 0 Å². The molecule has 0 bridgehead atoms. The van der Waals surface area contributed by atoms with Gasteiger partial charge in [0, 0.05) is 19.6 Å². The molecule has 0 radical (unpaired) electrons. The number of carbonyl (C=O) groups is 1. The van der Waals surface area contributed by atoms with Crippen LogP contribution in [0.1, 0.15) is 98.3 Å². The van der Waals surface area contributed by atoms with Crippen LogP contribution in [0.15, 0.2) is 0 Å². The zero-order valence-corrected chi connectivity index (χ0v) is 18.6. The standard InChI is InChI=1S/C23H46O4/c1-5-7-14-22(6-2)20-26-19-18-25-16-12-15-23(24)27-17-11-9-8-10-13-21(3)4/h21-22H,5-20H2,1-4H3. The van der Waals surface area contributed by atoms with Gasteiger partial charge in [-0.05, 0) is 31.1 Å². The molecule has 0 aromatic rings. The molecule has 4 heteroatoms. The average Bonchev–Trinajstić information content (AvgIpc) is 2.65. The largest absolute Gasteiger partial charge is 0.466 e. The van der Waals surface area contributed by atoms with Crippen molar-refractivity contribution in [3.63, 3.8) is 0 Å². The fourth-order valence-electron chi connectivity index (χ4n) is 2.95. The van der Waals surface area contributed by atoms with E-state index in [1.807, 2.05) is 0 Å². The Balaban J connectivity index is 3.31. The molecule has 162 valence electrons. The predicted octanol–water partition coefficient (Wildman–Crippen LogP) is 6.17. The first-order chi connectivity index (χ1) is 13.1. The SMILES string of the molecule is CCCCC(CC)COCCOCCCC(=O)OCCCCCCC(C)C. The quantitative estimate of drug-likeness (QED) is 0.185. The van der Waals surface area contributed by atoms with Gasteiger partial charge in [0.1, 0.15) is 0 Å². The summed E-state index contributed by atoms with van der Waals surface area (Å²) in [5, 5.41) is 0. The van der Waals surface area contributed by atoms with E-state index in [1.54, 1.807) is 0 Å². The second kappa shape index (κ2) is 20.1. The number of hydrogen-bond acceptors (Lipinski definition) is 4. The molecule has 4 nitrogen and oxygen atoms in total. The molecule has 1 atom stereocenters. The van der Waals surface area contributed by atoms with E-state index >= 15 is 0 Å². The summed E-state index contributed by atoms with van der Waals surface area (Å²) < 4.78 is 16.5. The number of ether oxygens (including phenoxy) is 3. The van der Waals surface area contributed by atoms with Crippen LogP contribution in [0.3, 0.4) is 0 Å². The smallest absolute Gasteiger partial charge is 0.305 e. The molecule has 0 saturated carbocycles. The van der Waals surface area contributed by atoms with Crippen molar-refractivity contribution in [2.45, 2.75) is 98.3 Å². The summed E-state index contributed by atoms with van der Waals surface area (Å²) in [7, 11) is 0. The maximum atomic E-state index is 11.6. The van der Waals surface area contributed by atoms with Gasteiger partial charge in [-0.2, -0.15) is 0 Å². The Kier molecular flexibility index (Phi) is 19.7. The zero-order valence-electron chi connectivity index (χ0n) is 18.6. The third kappa shape index (κ3) is 19.9. The van der Waals surface area contributed by atoms with E-state index < -0.39 is 0 Å². The number of hydrogen-bond donors (Lipinski definition) is 0. The van der Waals surface area contributed by atoms with Crippen molar-refractivity contribution in [1.29, 1.82) is 0 Å². The van der Waals surface area contributed by atoms with Crippen molar-refractivity contribution in [2.75, 3.05) is 33.0 Å². The van der Waals surface area contributed by atoms with E-state index in [-0.39, 0.29) is 5.97 Å². The Bertz CT molecular complexity index is 318. The fourth-order valence-corrected chi connectivity index (χ4v) is 2.95. The lowest BCUT2D eigenvalue weighted by Crippen LogP contribution is -2.13. The summed E-state index contributed by atoms with van der Waals surface area (Å²) in [6.07, 6.45) is 12.1. The highest BCUT2D eigenvalue weighted by molar-refractivity contribution is 5.69. The number of rotatable bonds is 20. The molecule has 0 aliphatic carbocycles. The minimum absolute atomic E-state index is 0.0984. The van der Waals surface area contributed by atoms with Gasteiger partial charge in [-0.25, -0.2) is 0 Å². The first-order valence-electron chi connectivity index (χ1n) is 11.4. The lowest BCUT2D eigenvalue weighted by molar-refractivity contribution is -0.144. The Hall–Kier alpha value is -0.610. The molecule has 0 aromatic carbocycles. The Morgan fingerprint density at radius 1 is 0.778 bits per heavy atom. The van der Waals surface area contributed by atoms with Crippen molar-refractivity contribution >= 4 is 5.97 Å². The van der Waals surface area contributed by atoms with Crippen molar-refractivity contribution in [2.24, 2.45) is 11.8 Å². The third-order valence-electron chi connectivity index (χ3n) is 4.88. The summed E-state index contributed by atoms with van der Waals surface area (Å²) in [5.41, 5.74) is 0. The van der Waals surface area contributed by atoms with Crippen LogP contribution in [0, 0.1) is 11.8 Å². The summed E-state index contributed by atoms with van der Waals surface area (Å²) in [4.78, 5) is 11.6. The Morgan fingerprint density at radius 3 is 2.22 bits per heavy atom. The minimum Gasteiger partial charge on any atom is -0.466 e. The number of carbonyl (C=O) groups excluding carboxylic acids is 1. The van der Waals surface area contributed by atoms with Crippen LogP contribution >= 0.6 is 0 Å². The molecule has 0 amide bonds. The van der Waals surface area contributed by atoms with Gasteiger partial charge >= 0.3 is 5.97 Å². The van der Waals surface area contributed by atoms with Crippen LogP contribution in [0.5, 0.6) is 0 Å². The fraction of sp³-hybridized carbons (Fsp3) is 0.957. The van der Waals surface area contributed by atoms with E-state index in [4.69, 9.17) is 14.2 Å². The Morgan fingerprint density at radius 2 is 1.52 bits per heavy atom. The molecule has 27 heavy (non-hydrogen) atoms. The van der Waals surface area contributed by atoms with Gasteiger partial charge in [-0.1, -0.05) is 72.6 Å². The van der Waals surface area contributed by atoms with E-state index in [0.29, 0.717) is 38.8 Å². The van der Waals surface area contributed by atoms with E-state index in [9.17, 15) is 4.79 Å². The van der Waals surface area contributed by atoms with Crippen LogP contribution in [0.25, 0.3) is 0 Å². The maximum Gasteiger partial charge on any atom is 0.305 e. The van der Waals surface area contributed by atoms with Crippen LogP contribution < -0.4 is 0 Å². The van der Waals surface area contributed by atoms with Gasteiger partial charge in [0.15, 0.2) is 0 Å². The average molecular weight is 387 g/mol. The van der Waals surface area contributed by atoms with Crippen molar-refractivity contribution in [3.05, 3.63) is 0 Å². The zero-order chi connectivity index (χ0) is 20.2. The summed E-state index contributed by atoms with van der Waals surface area (Å²) in [6.45, 7) is 12.2. The number of esters is 1. The van der Waals surface area contributed by atoms with Gasteiger partial charge < -0.3 is 14.2 Å². The molecule has 0 spiro atoms. The molecule has 0 saturated heterocycles. The topological polar surface area (TPSA) is 44.8 Å². The minimum atomic E-state index is -0.0984. The normalized spacial score (nSPS) is 12.5. The molecule has 0 fully saturated rings. The highest BCUT2D eigenvalue weighted by Gasteiger charge is 2.06. The summed E-state index contributed by atoms with van der Waals surface area (Å²) in [5.74, 6) is 1.37. The van der Waals surface area contributed by atoms with E-state index in [1.165, 1.54) is 44.9 Å². The molecule has 0 rings (SSSR count). The van der Waals surface area contributed by atoms with Gasteiger partial charge in [0.05, 0.1) is 19.8 Å². The molecular formula is C23H46O4. The molecule has 0 aliphatic rings. The second-order valence-corrected chi connectivity index (χ2v) is 8.02. The summed E-state index contributed by atoms with van der Waals surface area (Å²) in [6, 6.07) is 0. The van der Waals surface area contributed by atoms with Crippen LogP contribution in [-0.2, 0) is 19.0 Å². The number of unbranched alkanes of at least 4 members (excludes halogenated alkanes) is 4. The molecule has 0 aromatic heterocycles. The van der Waals surface area contributed by atoms with Gasteiger partial charge in [0.25, 0.3) is 0 Å². The van der Waals surface area contributed by atoms with Crippen molar-refractivity contribution < 1.29 is 19.0 Å². The lowest BCUT2D eigenvalue weighted by Gasteiger charge is -2.14. The first-order valence-corrected chi connectivity index (χ1v) is 11.4. The molecule has 0 N–H and O–H groups in total. The molecule has 1 unspecified atom stereocenters. The van der Waals surface area contributed by atoms with Gasteiger partial charge in [-0.3, -0.25) is 4.79 Å². The first kappa shape index (κ1) is 26.4. The Labute approximate surface area is 168 Å². The molecular weight excluding hydrogens is 340 g/mol. The monoisotopic (exact) mass is 386 g/mol. The third-order valence-corrected chi connectivity index (χ3v) is 4.88. The van der Waals surface area contributed by atoms with Gasteiger partial charge in [-0.15, -0.1) is 0 Å². The van der Waals surface area contributed by atoms with Crippen LogP contribution in [0.2, 0.25) is 0 Å². The predicted molar refractivity (Wildman–Crippen MR) is 113 cm³/mol.